The van der Waals surface area contributed by atoms with Crippen molar-refractivity contribution in [3.63, 3.8) is 0 Å². The molecule has 2 aliphatic rings. The van der Waals surface area contributed by atoms with E-state index in [2.05, 4.69) is 10.3 Å². The summed E-state index contributed by atoms with van der Waals surface area (Å²) in [5.41, 5.74) is 1.42. The number of fused-ring (bicyclic) bond motifs is 1. The highest BCUT2D eigenvalue weighted by Crippen LogP contribution is 2.33. The van der Waals surface area contributed by atoms with E-state index < -0.39 is 39.6 Å². The molecule has 1 aromatic carbocycles. The molecule has 36 heavy (non-hydrogen) atoms. The number of aromatic nitrogens is 1. The minimum Gasteiger partial charge on any atom is -0.352 e. The lowest BCUT2D eigenvalue weighted by atomic mass is 10.1. The van der Waals surface area contributed by atoms with Gasteiger partial charge < -0.3 is 10.2 Å². The van der Waals surface area contributed by atoms with Gasteiger partial charge in [0, 0.05) is 31.3 Å². The van der Waals surface area contributed by atoms with Gasteiger partial charge in [-0.05, 0) is 50.5 Å². The zero-order chi connectivity index (χ0) is 25.9. The lowest BCUT2D eigenvalue weighted by molar-refractivity contribution is -0.136. The van der Waals surface area contributed by atoms with Crippen molar-refractivity contribution in [2.45, 2.75) is 44.7 Å². The largest absolute Gasteiger partial charge is 0.352 e. The number of Topliss-reactive ketones (excluding diaryl/α,β-unsaturated/α-hetero) is 1. The van der Waals surface area contributed by atoms with Gasteiger partial charge in [0.05, 0.1) is 12.6 Å². The van der Waals surface area contributed by atoms with E-state index in [0.29, 0.717) is 24.9 Å². The predicted octanol–water partition coefficient (Wildman–Crippen LogP) is 1.31. The highest BCUT2D eigenvalue weighted by atomic mass is 32.2. The summed E-state index contributed by atoms with van der Waals surface area (Å²) in [4.78, 5) is 55.6. The second-order valence-electron chi connectivity index (χ2n) is 8.99. The highest BCUT2D eigenvalue weighted by molar-refractivity contribution is 8.04. The van der Waals surface area contributed by atoms with Crippen LogP contribution in [0.15, 0.2) is 48.7 Å². The van der Waals surface area contributed by atoms with E-state index in [9.17, 15) is 27.6 Å². The molecule has 1 N–H and O–H groups in total. The third kappa shape index (κ3) is 5.21. The second kappa shape index (κ2) is 10.7. The molecule has 2 fully saturated rings. The van der Waals surface area contributed by atoms with E-state index in [0.717, 1.165) is 9.87 Å². The van der Waals surface area contributed by atoms with Gasteiger partial charge >= 0.3 is 5.12 Å². The summed E-state index contributed by atoms with van der Waals surface area (Å²) in [5, 5.41) is 1.67. The number of likely N-dealkylation sites (tertiary alicyclic amines) is 1. The van der Waals surface area contributed by atoms with Crippen molar-refractivity contribution in [3.05, 3.63) is 65.5 Å². The third-order valence-corrected chi connectivity index (χ3v) is 8.23. The number of unbranched alkanes of at least 4 members (excludes halogenated alkanes) is 1. The van der Waals surface area contributed by atoms with Gasteiger partial charge in [-0.25, -0.2) is 8.42 Å². The molecule has 4 rings (SSSR count). The number of sulfonamides is 1. The Bertz CT molecular complexity index is 1260. The van der Waals surface area contributed by atoms with E-state index in [-0.39, 0.29) is 36.9 Å². The molecular formula is C25H28N4O6S. The molecule has 0 aliphatic carbocycles. The Morgan fingerprint density at radius 3 is 2.53 bits per heavy atom. The van der Waals surface area contributed by atoms with Gasteiger partial charge in [-0.3, -0.25) is 24.2 Å². The SMILES string of the molecule is Cc1ccc(C(=O)NCCCCC(=O)N2CCC3C2C(=O)CN3S(=O)(=O)C(=O)c2ccccn2)cc1. The van der Waals surface area contributed by atoms with Crippen LogP contribution in [-0.4, -0.2) is 77.0 Å². The number of amides is 2. The second-order valence-corrected chi connectivity index (χ2v) is 10.8. The summed E-state index contributed by atoms with van der Waals surface area (Å²) in [6.07, 6.45) is 2.87. The van der Waals surface area contributed by atoms with Crippen LogP contribution in [-0.2, 0) is 19.6 Å². The van der Waals surface area contributed by atoms with Crippen LogP contribution in [0.5, 0.6) is 0 Å². The number of hydrogen-bond acceptors (Lipinski definition) is 7. The number of carbonyl (C=O) groups excluding carboxylic acids is 4. The molecule has 0 bridgehead atoms. The summed E-state index contributed by atoms with van der Waals surface area (Å²) in [5.74, 6) is -0.813. The van der Waals surface area contributed by atoms with E-state index >= 15 is 0 Å². The fraction of sp³-hybridized carbons (Fsp3) is 0.400. The van der Waals surface area contributed by atoms with Crippen molar-refractivity contribution in [2.75, 3.05) is 19.6 Å². The van der Waals surface area contributed by atoms with Gasteiger partial charge in [0.2, 0.25) is 5.91 Å². The maximum absolute atomic E-state index is 13.0. The van der Waals surface area contributed by atoms with Gasteiger partial charge in [0.1, 0.15) is 11.7 Å². The van der Waals surface area contributed by atoms with Crippen molar-refractivity contribution in [1.82, 2.24) is 19.5 Å². The Labute approximate surface area is 209 Å². The van der Waals surface area contributed by atoms with Crippen LogP contribution in [0, 0.1) is 6.92 Å². The number of nitrogens with one attached hydrogen (secondary N) is 1. The Hall–Kier alpha value is -3.44. The van der Waals surface area contributed by atoms with Gasteiger partial charge in [-0.15, -0.1) is 0 Å². The Morgan fingerprint density at radius 2 is 1.83 bits per heavy atom. The van der Waals surface area contributed by atoms with E-state index in [1.165, 1.54) is 23.2 Å². The zero-order valence-corrected chi connectivity index (χ0v) is 20.7. The number of rotatable bonds is 8. The first-order chi connectivity index (χ1) is 17.2. The number of benzene rings is 1. The minimum absolute atomic E-state index is 0.177. The van der Waals surface area contributed by atoms with Crippen LogP contribution >= 0.6 is 0 Å². The fourth-order valence-electron chi connectivity index (χ4n) is 4.65. The molecule has 10 nitrogen and oxygen atoms in total. The summed E-state index contributed by atoms with van der Waals surface area (Å²) in [6, 6.07) is 9.98. The molecule has 2 aromatic rings. The maximum Gasteiger partial charge on any atom is 0.310 e. The van der Waals surface area contributed by atoms with E-state index in [1.807, 2.05) is 19.1 Å². The minimum atomic E-state index is -4.45. The van der Waals surface area contributed by atoms with E-state index in [1.54, 1.807) is 18.2 Å². The Balaban J connectivity index is 1.29. The van der Waals surface area contributed by atoms with Crippen molar-refractivity contribution < 1.29 is 27.6 Å². The molecule has 11 heteroatoms. The van der Waals surface area contributed by atoms with Crippen molar-refractivity contribution in [2.24, 2.45) is 0 Å². The van der Waals surface area contributed by atoms with Crippen LogP contribution in [0.3, 0.4) is 0 Å². The lowest BCUT2D eigenvalue weighted by Crippen LogP contribution is -2.44. The normalized spacial score (nSPS) is 19.8. The number of aryl methyl sites for hydroxylation is 1. The smallest absolute Gasteiger partial charge is 0.310 e. The monoisotopic (exact) mass is 512 g/mol. The van der Waals surface area contributed by atoms with Crippen molar-refractivity contribution >= 4 is 32.7 Å². The molecule has 1 aromatic heterocycles. The van der Waals surface area contributed by atoms with Gasteiger partial charge in [-0.2, -0.15) is 4.31 Å². The van der Waals surface area contributed by atoms with Crippen LogP contribution in [0.4, 0.5) is 0 Å². The molecular weight excluding hydrogens is 484 g/mol. The molecule has 0 spiro atoms. The highest BCUT2D eigenvalue weighted by Gasteiger charge is 2.54. The number of pyridine rings is 1. The average molecular weight is 513 g/mol. The standard InChI is InChI=1S/C25H28N4O6S/c1-17-8-10-18(11-9-17)24(32)27-14-5-3-7-22(31)28-15-12-20-23(28)21(30)16-29(20)36(34,35)25(33)19-6-2-4-13-26-19/h2,4,6,8-11,13,20,23H,3,5,7,12,14-16H2,1H3,(H,27,32). The first-order valence-corrected chi connectivity index (χ1v) is 13.3. The van der Waals surface area contributed by atoms with Crippen LogP contribution in [0.2, 0.25) is 0 Å². The van der Waals surface area contributed by atoms with Crippen LogP contribution < -0.4 is 5.32 Å². The third-order valence-electron chi connectivity index (χ3n) is 6.53. The van der Waals surface area contributed by atoms with Gasteiger partial charge in [-0.1, -0.05) is 23.8 Å². The maximum atomic E-state index is 13.0. The van der Waals surface area contributed by atoms with E-state index in [4.69, 9.17) is 0 Å². The first kappa shape index (κ1) is 25.6. The first-order valence-electron chi connectivity index (χ1n) is 11.8. The van der Waals surface area contributed by atoms with Gasteiger partial charge in [0.25, 0.3) is 15.9 Å². The summed E-state index contributed by atoms with van der Waals surface area (Å²) in [6.45, 7) is 2.16. The molecule has 190 valence electrons. The van der Waals surface area contributed by atoms with Crippen molar-refractivity contribution in [1.29, 1.82) is 0 Å². The molecule has 2 amide bonds. The van der Waals surface area contributed by atoms with Gasteiger partial charge in [0.15, 0.2) is 5.78 Å². The molecule has 0 saturated carbocycles. The lowest BCUT2D eigenvalue weighted by Gasteiger charge is -2.23. The van der Waals surface area contributed by atoms with Crippen LogP contribution in [0.1, 0.15) is 52.1 Å². The molecule has 2 unspecified atom stereocenters. The average Bonchev–Trinajstić information content (AvgIpc) is 3.45. The molecule has 3 heterocycles. The van der Waals surface area contributed by atoms with Crippen LogP contribution in [0.25, 0.3) is 0 Å². The zero-order valence-electron chi connectivity index (χ0n) is 19.9. The molecule has 0 radical (unpaired) electrons. The number of carbonyl (C=O) groups is 4. The molecule has 2 aliphatic heterocycles. The Kier molecular flexibility index (Phi) is 7.60. The summed E-state index contributed by atoms with van der Waals surface area (Å²) >= 11 is 0. The number of hydrogen-bond donors (Lipinski definition) is 1. The van der Waals surface area contributed by atoms with Crippen molar-refractivity contribution in [3.8, 4) is 0 Å². The predicted molar refractivity (Wildman–Crippen MR) is 130 cm³/mol. The fourth-order valence-corrected chi connectivity index (χ4v) is 6.12. The molecule has 2 atom stereocenters. The Morgan fingerprint density at radius 1 is 1.08 bits per heavy atom. The molecule has 2 saturated heterocycles. The topological polar surface area (TPSA) is 134 Å². The number of nitrogens with zero attached hydrogens (tertiary/aromatic N) is 3. The summed E-state index contributed by atoms with van der Waals surface area (Å²) < 4.78 is 26.8. The quantitative estimate of drug-likeness (QED) is 0.527. The summed E-state index contributed by atoms with van der Waals surface area (Å²) in [7, 11) is -4.45. The number of ketones is 1.